The summed E-state index contributed by atoms with van der Waals surface area (Å²) in [6, 6.07) is 6.87. The summed E-state index contributed by atoms with van der Waals surface area (Å²) in [5.74, 6) is 0. The fraction of sp³-hybridized carbons (Fsp3) is 0.429. The molecule has 0 saturated heterocycles. The van der Waals surface area contributed by atoms with E-state index < -0.39 is 0 Å². The summed E-state index contributed by atoms with van der Waals surface area (Å²) in [5.41, 5.74) is 4.44. The molecule has 0 unspecified atom stereocenters. The van der Waals surface area contributed by atoms with Gasteiger partial charge in [0.1, 0.15) is 0 Å². The third kappa shape index (κ3) is 2.73. The lowest BCUT2D eigenvalue weighted by Gasteiger charge is -2.08. The van der Waals surface area contributed by atoms with Crippen LogP contribution in [0.2, 0.25) is 0 Å². The lowest BCUT2D eigenvalue weighted by atomic mass is 9.97. The first-order valence-corrected chi connectivity index (χ1v) is 5.53. The van der Waals surface area contributed by atoms with Crippen molar-refractivity contribution in [2.24, 2.45) is 0 Å². The van der Waals surface area contributed by atoms with Crippen LogP contribution in [0.15, 0.2) is 30.9 Å². The van der Waals surface area contributed by atoms with Crippen LogP contribution in [0.3, 0.4) is 0 Å². The number of rotatable bonds is 5. The van der Waals surface area contributed by atoms with Crippen LogP contribution >= 0.6 is 0 Å². The molecule has 0 radical (unpaired) electrons. The zero-order valence-electron chi connectivity index (χ0n) is 9.34. The van der Waals surface area contributed by atoms with Gasteiger partial charge >= 0.3 is 0 Å². The van der Waals surface area contributed by atoms with Gasteiger partial charge in [0.05, 0.1) is 0 Å². The van der Waals surface area contributed by atoms with Gasteiger partial charge in [-0.1, -0.05) is 38.1 Å². The lowest BCUT2D eigenvalue weighted by Crippen LogP contribution is -1.94. The molecule has 0 atom stereocenters. The van der Waals surface area contributed by atoms with E-state index >= 15 is 0 Å². The molecule has 0 aliphatic rings. The van der Waals surface area contributed by atoms with E-state index in [0.29, 0.717) is 0 Å². The van der Waals surface area contributed by atoms with Crippen LogP contribution in [0.5, 0.6) is 0 Å². The minimum Gasteiger partial charge on any atom is -0.103 e. The molecule has 1 rings (SSSR count). The van der Waals surface area contributed by atoms with Gasteiger partial charge < -0.3 is 0 Å². The van der Waals surface area contributed by atoms with Crippen LogP contribution in [-0.2, 0) is 19.3 Å². The van der Waals surface area contributed by atoms with Gasteiger partial charge in [0, 0.05) is 0 Å². The summed E-state index contributed by atoms with van der Waals surface area (Å²) in [5, 5.41) is 0. The second-order valence-corrected chi connectivity index (χ2v) is 3.64. The van der Waals surface area contributed by atoms with Crippen molar-refractivity contribution >= 4 is 0 Å². The number of aryl methyl sites for hydroxylation is 3. The van der Waals surface area contributed by atoms with Gasteiger partial charge in [0.25, 0.3) is 0 Å². The topological polar surface area (TPSA) is 0 Å². The Balaban J connectivity index is 2.87. The Morgan fingerprint density at radius 3 is 2.50 bits per heavy atom. The molecule has 14 heavy (non-hydrogen) atoms. The highest BCUT2D eigenvalue weighted by molar-refractivity contribution is 5.32. The first-order chi connectivity index (χ1) is 6.81. The molecule has 0 aliphatic carbocycles. The molecule has 1 aromatic rings. The second kappa shape index (κ2) is 5.64. The van der Waals surface area contributed by atoms with E-state index in [-0.39, 0.29) is 0 Å². The third-order valence-corrected chi connectivity index (χ3v) is 2.68. The normalized spacial score (nSPS) is 10.1. The third-order valence-electron chi connectivity index (χ3n) is 2.68. The van der Waals surface area contributed by atoms with E-state index in [4.69, 9.17) is 0 Å². The fourth-order valence-corrected chi connectivity index (χ4v) is 1.73. The van der Waals surface area contributed by atoms with Crippen LogP contribution in [0.4, 0.5) is 0 Å². The van der Waals surface area contributed by atoms with Gasteiger partial charge in [-0.05, 0) is 42.4 Å². The van der Waals surface area contributed by atoms with E-state index in [1.54, 1.807) is 0 Å². The van der Waals surface area contributed by atoms with Crippen molar-refractivity contribution in [3.63, 3.8) is 0 Å². The standard InChI is InChI=1S/C14H20/c1-4-7-8-14-10-9-12(5-2)11-13(14)6-3/h4,9-11H,1,5-8H2,2-3H3. The van der Waals surface area contributed by atoms with E-state index in [9.17, 15) is 0 Å². The molecule has 0 amide bonds. The molecule has 0 heteroatoms. The van der Waals surface area contributed by atoms with E-state index in [2.05, 4.69) is 38.6 Å². The molecule has 0 bridgehead atoms. The summed E-state index contributed by atoms with van der Waals surface area (Å²) in [4.78, 5) is 0. The smallest absolute Gasteiger partial charge is 0.0242 e. The van der Waals surface area contributed by atoms with Crippen LogP contribution in [0.1, 0.15) is 37.0 Å². The minimum atomic E-state index is 1.08. The van der Waals surface area contributed by atoms with Crippen molar-refractivity contribution in [1.29, 1.82) is 0 Å². The largest absolute Gasteiger partial charge is 0.103 e. The minimum absolute atomic E-state index is 1.08. The zero-order valence-corrected chi connectivity index (χ0v) is 9.34. The van der Waals surface area contributed by atoms with Crippen molar-refractivity contribution in [1.82, 2.24) is 0 Å². The highest BCUT2D eigenvalue weighted by Crippen LogP contribution is 2.15. The molecule has 0 nitrogen and oxygen atoms in total. The Morgan fingerprint density at radius 1 is 1.14 bits per heavy atom. The average Bonchev–Trinajstić information content (AvgIpc) is 2.26. The van der Waals surface area contributed by atoms with Gasteiger partial charge in [-0.15, -0.1) is 6.58 Å². The molecular weight excluding hydrogens is 168 g/mol. The maximum Gasteiger partial charge on any atom is -0.0242 e. The predicted octanol–water partition coefficient (Wildman–Crippen LogP) is 3.93. The number of hydrogen-bond acceptors (Lipinski definition) is 0. The summed E-state index contributed by atoms with van der Waals surface area (Å²) < 4.78 is 0. The van der Waals surface area contributed by atoms with Crippen molar-refractivity contribution in [3.8, 4) is 0 Å². The summed E-state index contributed by atoms with van der Waals surface area (Å²) in [7, 11) is 0. The molecule has 0 heterocycles. The Labute approximate surface area is 87.7 Å². The summed E-state index contributed by atoms with van der Waals surface area (Å²) >= 11 is 0. The Morgan fingerprint density at radius 2 is 1.93 bits per heavy atom. The maximum atomic E-state index is 3.76. The SMILES string of the molecule is C=CCCc1ccc(CC)cc1CC. The highest BCUT2D eigenvalue weighted by Gasteiger charge is 2.00. The molecule has 0 aliphatic heterocycles. The number of hydrogen-bond donors (Lipinski definition) is 0. The zero-order chi connectivity index (χ0) is 10.4. The van der Waals surface area contributed by atoms with E-state index in [1.807, 2.05) is 6.08 Å². The van der Waals surface area contributed by atoms with Gasteiger partial charge in [-0.25, -0.2) is 0 Å². The van der Waals surface area contributed by atoms with Crippen LogP contribution < -0.4 is 0 Å². The lowest BCUT2D eigenvalue weighted by molar-refractivity contribution is 0.954. The molecule has 0 spiro atoms. The first kappa shape index (κ1) is 11.0. The second-order valence-electron chi connectivity index (χ2n) is 3.64. The van der Waals surface area contributed by atoms with Crippen LogP contribution in [0, 0.1) is 0 Å². The summed E-state index contributed by atoms with van der Waals surface area (Å²) in [6.07, 6.45) is 6.48. The van der Waals surface area contributed by atoms with Gasteiger partial charge in [-0.3, -0.25) is 0 Å². The Kier molecular flexibility index (Phi) is 4.45. The van der Waals surface area contributed by atoms with Crippen molar-refractivity contribution in [2.75, 3.05) is 0 Å². The van der Waals surface area contributed by atoms with E-state index in [1.165, 1.54) is 16.7 Å². The first-order valence-electron chi connectivity index (χ1n) is 5.53. The van der Waals surface area contributed by atoms with Crippen LogP contribution in [0.25, 0.3) is 0 Å². The monoisotopic (exact) mass is 188 g/mol. The quantitative estimate of drug-likeness (QED) is 0.614. The van der Waals surface area contributed by atoms with Gasteiger partial charge in [0.2, 0.25) is 0 Å². The molecular formula is C14H20. The average molecular weight is 188 g/mol. The van der Waals surface area contributed by atoms with Crippen molar-refractivity contribution in [2.45, 2.75) is 39.5 Å². The maximum absolute atomic E-state index is 3.76. The molecule has 1 aromatic carbocycles. The predicted molar refractivity (Wildman–Crippen MR) is 63.7 cm³/mol. The van der Waals surface area contributed by atoms with Gasteiger partial charge in [0.15, 0.2) is 0 Å². The molecule has 0 aromatic heterocycles. The highest BCUT2D eigenvalue weighted by atomic mass is 14.1. The molecule has 0 saturated carbocycles. The van der Waals surface area contributed by atoms with Crippen molar-refractivity contribution < 1.29 is 0 Å². The number of allylic oxidation sites excluding steroid dienone is 1. The van der Waals surface area contributed by atoms with E-state index in [0.717, 1.165) is 25.7 Å². The van der Waals surface area contributed by atoms with Crippen LogP contribution in [-0.4, -0.2) is 0 Å². The Hall–Kier alpha value is -1.04. The molecule has 0 fully saturated rings. The molecule has 76 valence electrons. The molecule has 0 N–H and O–H groups in total. The van der Waals surface area contributed by atoms with Gasteiger partial charge in [-0.2, -0.15) is 0 Å². The fourth-order valence-electron chi connectivity index (χ4n) is 1.73. The number of benzene rings is 1. The summed E-state index contributed by atoms with van der Waals surface area (Å²) in [6.45, 7) is 8.20. The van der Waals surface area contributed by atoms with Crippen molar-refractivity contribution in [3.05, 3.63) is 47.5 Å². The Bertz CT molecular complexity index is 297.